The third-order valence-corrected chi connectivity index (χ3v) is 3.93. The van der Waals surface area contributed by atoms with Crippen LogP contribution < -0.4 is 10.1 Å². The predicted molar refractivity (Wildman–Crippen MR) is 85.4 cm³/mol. The van der Waals surface area contributed by atoms with Crippen LogP contribution in [0.4, 0.5) is 0 Å². The first kappa shape index (κ1) is 15.4. The number of ether oxygens (including phenoxy) is 1. The molecule has 20 heavy (non-hydrogen) atoms. The van der Waals surface area contributed by atoms with Crippen LogP contribution in [-0.4, -0.2) is 12.1 Å². The normalized spacial score (nSPS) is 20.9. The molecule has 1 unspecified atom stereocenters. The van der Waals surface area contributed by atoms with Crippen LogP contribution in [-0.2, 0) is 0 Å². The minimum Gasteiger partial charge on any atom is -0.487 e. The van der Waals surface area contributed by atoms with Gasteiger partial charge in [0.2, 0.25) is 0 Å². The van der Waals surface area contributed by atoms with Crippen LogP contribution in [0.1, 0.15) is 71.0 Å². The Kier molecular flexibility index (Phi) is 4.43. The van der Waals surface area contributed by atoms with Gasteiger partial charge in [-0.15, -0.1) is 0 Å². The van der Waals surface area contributed by atoms with Crippen molar-refractivity contribution in [2.24, 2.45) is 5.92 Å². The number of fused-ring (bicyclic) bond motifs is 1. The summed E-state index contributed by atoms with van der Waals surface area (Å²) in [6, 6.07) is 7.07. The van der Waals surface area contributed by atoms with Crippen LogP contribution in [0.15, 0.2) is 18.2 Å². The van der Waals surface area contributed by atoms with Crippen molar-refractivity contribution in [3.05, 3.63) is 29.3 Å². The fraction of sp³-hybridized carbons (Fsp3) is 0.667. The van der Waals surface area contributed by atoms with Crippen LogP contribution in [0.25, 0.3) is 0 Å². The molecule has 0 aliphatic carbocycles. The summed E-state index contributed by atoms with van der Waals surface area (Å²) >= 11 is 0. The van der Waals surface area contributed by atoms with Crippen molar-refractivity contribution < 1.29 is 4.74 Å². The second-order valence-corrected chi connectivity index (χ2v) is 7.37. The van der Waals surface area contributed by atoms with E-state index in [2.05, 4.69) is 65.1 Å². The number of hydrogen-bond acceptors (Lipinski definition) is 2. The molecule has 0 bridgehead atoms. The monoisotopic (exact) mass is 275 g/mol. The standard InChI is InChI=1S/C18H29NO/c1-12(2)11-19-16-10-18(5,6)20-17-8-7-14(13(3)4)9-15(16)17/h7-9,12-13,16,19H,10-11H2,1-6H3. The van der Waals surface area contributed by atoms with Gasteiger partial charge in [-0.3, -0.25) is 0 Å². The first-order chi connectivity index (χ1) is 9.28. The van der Waals surface area contributed by atoms with Gasteiger partial charge in [0.05, 0.1) is 0 Å². The molecule has 2 rings (SSSR count). The zero-order valence-electron chi connectivity index (χ0n) is 13.8. The van der Waals surface area contributed by atoms with Gasteiger partial charge < -0.3 is 10.1 Å². The lowest BCUT2D eigenvalue weighted by Gasteiger charge is -2.38. The van der Waals surface area contributed by atoms with E-state index in [-0.39, 0.29) is 5.60 Å². The van der Waals surface area contributed by atoms with Crippen molar-refractivity contribution in [2.45, 2.75) is 65.5 Å². The maximum atomic E-state index is 6.15. The quantitative estimate of drug-likeness (QED) is 0.863. The van der Waals surface area contributed by atoms with Gasteiger partial charge in [-0.05, 0) is 43.9 Å². The summed E-state index contributed by atoms with van der Waals surface area (Å²) in [5.74, 6) is 2.27. The van der Waals surface area contributed by atoms with Crippen LogP contribution >= 0.6 is 0 Å². The van der Waals surface area contributed by atoms with E-state index in [1.807, 2.05) is 0 Å². The fourth-order valence-electron chi connectivity index (χ4n) is 2.79. The van der Waals surface area contributed by atoms with Gasteiger partial charge in [0.25, 0.3) is 0 Å². The smallest absolute Gasteiger partial charge is 0.124 e. The van der Waals surface area contributed by atoms with Crippen molar-refractivity contribution in [2.75, 3.05) is 6.54 Å². The van der Waals surface area contributed by atoms with Crippen molar-refractivity contribution in [3.8, 4) is 5.75 Å². The Hall–Kier alpha value is -1.02. The zero-order valence-corrected chi connectivity index (χ0v) is 13.8. The third kappa shape index (κ3) is 3.54. The van der Waals surface area contributed by atoms with Crippen LogP contribution in [0.2, 0.25) is 0 Å². The Morgan fingerprint density at radius 1 is 1.25 bits per heavy atom. The van der Waals surface area contributed by atoms with E-state index in [1.54, 1.807) is 0 Å². The van der Waals surface area contributed by atoms with Crippen molar-refractivity contribution in [1.29, 1.82) is 0 Å². The summed E-state index contributed by atoms with van der Waals surface area (Å²) in [4.78, 5) is 0. The topological polar surface area (TPSA) is 21.3 Å². The first-order valence-corrected chi connectivity index (χ1v) is 7.85. The van der Waals surface area contributed by atoms with E-state index in [9.17, 15) is 0 Å². The van der Waals surface area contributed by atoms with Crippen LogP contribution in [0.3, 0.4) is 0 Å². The molecule has 0 saturated carbocycles. The van der Waals surface area contributed by atoms with Crippen molar-refractivity contribution >= 4 is 0 Å². The van der Waals surface area contributed by atoms with Gasteiger partial charge in [0, 0.05) is 18.0 Å². The lowest BCUT2D eigenvalue weighted by molar-refractivity contribution is 0.0654. The largest absolute Gasteiger partial charge is 0.487 e. The third-order valence-electron chi connectivity index (χ3n) is 3.93. The molecule has 0 radical (unpaired) electrons. The molecule has 112 valence electrons. The Morgan fingerprint density at radius 3 is 2.55 bits per heavy atom. The molecule has 1 aromatic rings. The molecule has 1 aliphatic heterocycles. The average molecular weight is 275 g/mol. The van der Waals surface area contributed by atoms with Gasteiger partial charge in [0.1, 0.15) is 11.4 Å². The van der Waals surface area contributed by atoms with E-state index in [4.69, 9.17) is 4.74 Å². The highest BCUT2D eigenvalue weighted by molar-refractivity contribution is 5.42. The molecule has 1 aromatic carbocycles. The summed E-state index contributed by atoms with van der Waals surface area (Å²) in [7, 11) is 0. The van der Waals surface area contributed by atoms with Crippen LogP contribution in [0.5, 0.6) is 5.75 Å². The molecule has 1 heterocycles. The fourth-order valence-corrected chi connectivity index (χ4v) is 2.79. The summed E-state index contributed by atoms with van der Waals surface area (Å²) in [5, 5.41) is 3.72. The van der Waals surface area contributed by atoms with Gasteiger partial charge >= 0.3 is 0 Å². The number of benzene rings is 1. The van der Waals surface area contributed by atoms with Gasteiger partial charge in [-0.2, -0.15) is 0 Å². The number of rotatable bonds is 4. The minimum absolute atomic E-state index is 0.0962. The Labute approximate surface area is 123 Å². The van der Waals surface area contributed by atoms with Crippen molar-refractivity contribution in [1.82, 2.24) is 5.32 Å². The molecule has 0 fully saturated rings. The van der Waals surface area contributed by atoms with E-state index in [0.29, 0.717) is 17.9 Å². The van der Waals surface area contributed by atoms with Crippen LogP contribution in [0, 0.1) is 5.92 Å². The second kappa shape index (κ2) is 5.77. The number of nitrogens with one attached hydrogen (secondary N) is 1. The maximum absolute atomic E-state index is 6.15. The lowest BCUT2D eigenvalue weighted by atomic mass is 9.87. The van der Waals surface area contributed by atoms with Gasteiger partial charge in [0.15, 0.2) is 0 Å². The van der Waals surface area contributed by atoms with E-state index in [0.717, 1.165) is 18.7 Å². The summed E-state index contributed by atoms with van der Waals surface area (Å²) in [6.45, 7) is 14.4. The maximum Gasteiger partial charge on any atom is 0.124 e. The summed E-state index contributed by atoms with van der Waals surface area (Å²) < 4.78 is 6.15. The van der Waals surface area contributed by atoms with E-state index in [1.165, 1.54) is 11.1 Å². The lowest BCUT2D eigenvalue weighted by Crippen LogP contribution is -2.40. The molecule has 0 saturated heterocycles. The molecular formula is C18H29NO. The van der Waals surface area contributed by atoms with Gasteiger partial charge in [-0.1, -0.05) is 39.8 Å². The molecule has 2 heteroatoms. The summed E-state index contributed by atoms with van der Waals surface area (Å²) in [6.07, 6.45) is 1.02. The molecule has 2 nitrogen and oxygen atoms in total. The Balaban J connectivity index is 2.31. The minimum atomic E-state index is -0.0962. The SMILES string of the molecule is CC(C)CNC1CC(C)(C)Oc2ccc(C(C)C)cc21. The summed E-state index contributed by atoms with van der Waals surface area (Å²) in [5.41, 5.74) is 2.63. The second-order valence-electron chi connectivity index (χ2n) is 7.37. The molecule has 0 aromatic heterocycles. The highest BCUT2D eigenvalue weighted by Crippen LogP contribution is 2.40. The molecular weight excluding hydrogens is 246 g/mol. The first-order valence-electron chi connectivity index (χ1n) is 7.85. The molecule has 0 spiro atoms. The van der Waals surface area contributed by atoms with E-state index < -0.39 is 0 Å². The highest BCUT2D eigenvalue weighted by Gasteiger charge is 2.33. The highest BCUT2D eigenvalue weighted by atomic mass is 16.5. The molecule has 0 amide bonds. The number of hydrogen-bond donors (Lipinski definition) is 1. The molecule has 1 aliphatic rings. The zero-order chi connectivity index (χ0) is 14.9. The Morgan fingerprint density at radius 2 is 1.95 bits per heavy atom. The Bertz CT molecular complexity index is 462. The molecule has 1 N–H and O–H groups in total. The average Bonchev–Trinajstić information content (AvgIpc) is 2.34. The predicted octanol–water partition coefficient (Wildman–Crippen LogP) is 4.66. The van der Waals surface area contributed by atoms with E-state index >= 15 is 0 Å². The van der Waals surface area contributed by atoms with Gasteiger partial charge in [-0.25, -0.2) is 0 Å². The van der Waals surface area contributed by atoms with Crippen molar-refractivity contribution in [3.63, 3.8) is 0 Å². The molecule has 1 atom stereocenters.